The minimum Gasteiger partial charge on any atom is -0.164 e. The van der Waals surface area contributed by atoms with Gasteiger partial charge in [-0.05, 0) is 36.3 Å². The van der Waals surface area contributed by atoms with Crippen LogP contribution >= 0.6 is 0 Å². The van der Waals surface area contributed by atoms with Crippen LogP contribution in [0.5, 0.6) is 0 Å². The molecule has 0 aliphatic heterocycles. The number of rotatable bonds is 4. The standard InChI is InChI=1S/C24H27.Zr/c1-2-7-18-16-22-10-6-11-23(24(22)17-18)21-14-12-20(13-15-21)19-8-4-3-5-9-19;/h6,10-17,19H,2-5,7-9H2,1H3;/q-1;. The summed E-state index contributed by atoms with van der Waals surface area (Å²) in [4.78, 5) is 0. The maximum atomic E-state index is 2.39. The molecule has 128 valence electrons. The Morgan fingerprint density at radius 3 is 2.44 bits per heavy atom. The van der Waals surface area contributed by atoms with Crippen LogP contribution in [0, 0.1) is 0 Å². The second kappa shape index (κ2) is 8.54. The fraction of sp³-hybridized carbons (Fsp3) is 0.375. The molecule has 0 radical (unpaired) electrons. The summed E-state index contributed by atoms with van der Waals surface area (Å²) in [6.07, 6.45) is 9.36. The molecule has 1 aliphatic carbocycles. The molecule has 0 amide bonds. The third-order valence-electron chi connectivity index (χ3n) is 5.65. The Kier molecular flexibility index (Phi) is 6.40. The van der Waals surface area contributed by atoms with Gasteiger partial charge in [-0.25, -0.2) is 0 Å². The first-order chi connectivity index (χ1) is 11.8. The van der Waals surface area contributed by atoms with E-state index in [1.807, 2.05) is 0 Å². The van der Waals surface area contributed by atoms with Gasteiger partial charge in [0.2, 0.25) is 0 Å². The Labute approximate surface area is 171 Å². The molecule has 0 bridgehead atoms. The van der Waals surface area contributed by atoms with Gasteiger partial charge >= 0.3 is 0 Å². The number of aryl methyl sites for hydroxylation is 1. The Morgan fingerprint density at radius 2 is 1.72 bits per heavy atom. The van der Waals surface area contributed by atoms with Crippen LogP contribution in [0.1, 0.15) is 62.5 Å². The van der Waals surface area contributed by atoms with E-state index in [0.29, 0.717) is 0 Å². The maximum absolute atomic E-state index is 2.39. The molecule has 0 heterocycles. The molecule has 4 rings (SSSR count). The zero-order valence-corrected chi connectivity index (χ0v) is 17.7. The van der Waals surface area contributed by atoms with E-state index in [2.05, 4.69) is 61.5 Å². The molecule has 1 fully saturated rings. The Hall–Kier alpha value is -1.07. The maximum Gasteiger partial charge on any atom is 0 e. The van der Waals surface area contributed by atoms with Gasteiger partial charge in [-0.3, -0.25) is 0 Å². The monoisotopic (exact) mass is 405 g/mol. The third-order valence-corrected chi connectivity index (χ3v) is 5.65. The molecule has 0 saturated heterocycles. The van der Waals surface area contributed by atoms with Crippen molar-refractivity contribution < 1.29 is 26.2 Å². The molecule has 0 aromatic heterocycles. The van der Waals surface area contributed by atoms with Crippen LogP contribution in [0.15, 0.2) is 54.6 Å². The molecule has 3 aromatic rings. The zero-order chi connectivity index (χ0) is 16.4. The van der Waals surface area contributed by atoms with Crippen LogP contribution in [0.2, 0.25) is 0 Å². The summed E-state index contributed by atoms with van der Waals surface area (Å²) in [5, 5.41) is 2.79. The van der Waals surface area contributed by atoms with Crippen LogP contribution in [0.4, 0.5) is 0 Å². The van der Waals surface area contributed by atoms with Crippen molar-refractivity contribution in [1.82, 2.24) is 0 Å². The average Bonchev–Trinajstić information content (AvgIpc) is 3.05. The quantitative estimate of drug-likeness (QED) is 0.401. The molecular formula is C24H27Zr-. The smallest absolute Gasteiger partial charge is 0 e. The molecule has 3 aromatic carbocycles. The summed E-state index contributed by atoms with van der Waals surface area (Å²) in [5.41, 5.74) is 5.75. The molecule has 0 spiro atoms. The van der Waals surface area contributed by atoms with E-state index in [1.54, 1.807) is 5.56 Å². The van der Waals surface area contributed by atoms with E-state index in [4.69, 9.17) is 0 Å². The molecule has 0 atom stereocenters. The Bertz CT molecular complexity index is 804. The molecule has 1 aliphatic rings. The van der Waals surface area contributed by atoms with Crippen LogP contribution in [-0.4, -0.2) is 0 Å². The number of hydrogen-bond donors (Lipinski definition) is 0. The van der Waals surface area contributed by atoms with E-state index in [9.17, 15) is 0 Å². The van der Waals surface area contributed by atoms with Crippen LogP contribution in [0.25, 0.3) is 21.9 Å². The number of hydrogen-bond acceptors (Lipinski definition) is 0. The third kappa shape index (κ3) is 4.03. The van der Waals surface area contributed by atoms with Gasteiger partial charge in [-0.2, -0.15) is 6.07 Å². The second-order valence-electron chi connectivity index (χ2n) is 7.38. The van der Waals surface area contributed by atoms with Gasteiger partial charge < -0.3 is 0 Å². The molecule has 25 heavy (non-hydrogen) atoms. The number of fused-ring (bicyclic) bond motifs is 1. The van der Waals surface area contributed by atoms with Crippen molar-refractivity contribution in [2.45, 2.75) is 57.8 Å². The second-order valence-corrected chi connectivity index (χ2v) is 7.38. The largest absolute Gasteiger partial charge is 0.164 e. The van der Waals surface area contributed by atoms with E-state index in [-0.39, 0.29) is 26.2 Å². The van der Waals surface area contributed by atoms with Crippen molar-refractivity contribution in [2.24, 2.45) is 0 Å². The van der Waals surface area contributed by atoms with Crippen molar-refractivity contribution in [3.05, 3.63) is 65.7 Å². The summed E-state index contributed by atoms with van der Waals surface area (Å²) in [5.74, 6) is 0.790. The predicted octanol–water partition coefficient (Wildman–Crippen LogP) is 7.22. The van der Waals surface area contributed by atoms with E-state index >= 15 is 0 Å². The molecule has 1 saturated carbocycles. The van der Waals surface area contributed by atoms with Gasteiger partial charge in [0.25, 0.3) is 0 Å². The van der Waals surface area contributed by atoms with Gasteiger partial charge in [-0.1, -0.05) is 68.5 Å². The molecule has 0 unspecified atom stereocenters. The minimum atomic E-state index is 0. The van der Waals surface area contributed by atoms with Crippen LogP contribution < -0.4 is 0 Å². The van der Waals surface area contributed by atoms with Gasteiger partial charge in [0.15, 0.2) is 0 Å². The molecular weight excluding hydrogens is 379 g/mol. The first-order valence-corrected chi connectivity index (χ1v) is 9.64. The summed E-state index contributed by atoms with van der Waals surface area (Å²) in [6.45, 7) is 2.25. The van der Waals surface area contributed by atoms with Crippen LogP contribution in [0.3, 0.4) is 0 Å². The van der Waals surface area contributed by atoms with Gasteiger partial charge in [-0.15, -0.1) is 34.5 Å². The molecule has 0 nitrogen and oxygen atoms in total. The Balaban J connectivity index is 0.00000182. The Morgan fingerprint density at radius 1 is 0.960 bits per heavy atom. The first kappa shape index (κ1) is 18.7. The van der Waals surface area contributed by atoms with E-state index in [0.717, 1.165) is 5.92 Å². The van der Waals surface area contributed by atoms with Crippen molar-refractivity contribution in [2.75, 3.05) is 0 Å². The van der Waals surface area contributed by atoms with Crippen molar-refractivity contribution >= 4 is 10.8 Å². The molecule has 0 N–H and O–H groups in total. The van der Waals surface area contributed by atoms with Gasteiger partial charge in [0, 0.05) is 26.2 Å². The normalized spacial score (nSPS) is 15.2. The topological polar surface area (TPSA) is 0 Å². The first-order valence-electron chi connectivity index (χ1n) is 9.64. The van der Waals surface area contributed by atoms with E-state index in [1.165, 1.54) is 72.4 Å². The van der Waals surface area contributed by atoms with Crippen molar-refractivity contribution in [3.8, 4) is 11.1 Å². The number of benzene rings is 2. The SMILES string of the molecule is CCCc1cc2c(-c3ccc(C4CCCCC4)cc3)cccc2[cH-]1.[Zr]. The summed E-state index contributed by atoms with van der Waals surface area (Å²) in [7, 11) is 0. The fourth-order valence-corrected chi connectivity index (χ4v) is 4.35. The van der Waals surface area contributed by atoms with Gasteiger partial charge in [0.1, 0.15) is 0 Å². The summed E-state index contributed by atoms with van der Waals surface area (Å²) in [6, 6.07) is 20.9. The van der Waals surface area contributed by atoms with Crippen molar-refractivity contribution in [1.29, 1.82) is 0 Å². The van der Waals surface area contributed by atoms with Crippen LogP contribution in [-0.2, 0) is 32.6 Å². The van der Waals surface area contributed by atoms with Gasteiger partial charge in [0.05, 0.1) is 0 Å². The predicted molar refractivity (Wildman–Crippen MR) is 105 cm³/mol. The van der Waals surface area contributed by atoms with Crippen molar-refractivity contribution in [3.63, 3.8) is 0 Å². The summed E-state index contributed by atoms with van der Waals surface area (Å²) >= 11 is 0. The molecule has 1 heteroatoms. The minimum absolute atomic E-state index is 0. The average molecular weight is 407 g/mol. The zero-order valence-electron chi connectivity index (χ0n) is 15.2. The van der Waals surface area contributed by atoms with E-state index < -0.39 is 0 Å². The fourth-order valence-electron chi connectivity index (χ4n) is 4.35. The summed E-state index contributed by atoms with van der Waals surface area (Å²) < 4.78 is 0.